The van der Waals surface area contributed by atoms with Crippen molar-refractivity contribution in [2.24, 2.45) is 23.5 Å². The largest absolute Gasteiger partial charge is 0.321 e. The maximum absolute atomic E-state index is 13.9. The topological polar surface area (TPSA) is 26.0 Å². The Morgan fingerprint density at radius 3 is 2.44 bits per heavy atom. The summed E-state index contributed by atoms with van der Waals surface area (Å²) in [5, 5.41) is 0. The van der Waals surface area contributed by atoms with Gasteiger partial charge in [0.15, 0.2) is 0 Å². The summed E-state index contributed by atoms with van der Waals surface area (Å²) in [4.78, 5) is 0. The summed E-state index contributed by atoms with van der Waals surface area (Å²) < 4.78 is 13.9. The lowest BCUT2D eigenvalue weighted by atomic mass is 9.67. The highest BCUT2D eigenvalue weighted by Crippen LogP contribution is 2.42. The molecule has 18 heavy (non-hydrogen) atoms. The fourth-order valence-electron chi connectivity index (χ4n) is 3.21. The first-order valence-corrected chi connectivity index (χ1v) is 6.96. The van der Waals surface area contributed by atoms with Crippen LogP contribution in [0.25, 0.3) is 0 Å². The van der Waals surface area contributed by atoms with E-state index in [0.717, 1.165) is 18.8 Å². The molecule has 0 heterocycles. The first kappa shape index (κ1) is 13.5. The molecule has 4 atom stereocenters. The summed E-state index contributed by atoms with van der Waals surface area (Å²) in [6, 6.07) is 6.94. The van der Waals surface area contributed by atoms with Crippen molar-refractivity contribution in [3.8, 4) is 0 Å². The summed E-state index contributed by atoms with van der Waals surface area (Å²) >= 11 is 0. The second-order valence-electron chi connectivity index (χ2n) is 6.23. The third-order valence-corrected chi connectivity index (χ3v) is 4.90. The SMILES string of the molecule is CC1CCC(C(C)(N)c2ccccc2F)CC1C. The molecule has 1 aromatic carbocycles. The van der Waals surface area contributed by atoms with Gasteiger partial charge in [-0.05, 0) is 43.6 Å². The van der Waals surface area contributed by atoms with E-state index in [2.05, 4.69) is 13.8 Å². The Morgan fingerprint density at radius 1 is 1.17 bits per heavy atom. The molecular formula is C16H24FN. The van der Waals surface area contributed by atoms with Crippen molar-refractivity contribution in [3.63, 3.8) is 0 Å². The van der Waals surface area contributed by atoms with Crippen LogP contribution >= 0.6 is 0 Å². The molecule has 2 heteroatoms. The summed E-state index contributed by atoms with van der Waals surface area (Å²) in [6.07, 6.45) is 3.41. The van der Waals surface area contributed by atoms with Crippen molar-refractivity contribution in [2.75, 3.05) is 0 Å². The van der Waals surface area contributed by atoms with Crippen LogP contribution in [-0.2, 0) is 5.54 Å². The lowest BCUT2D eigenvalue weighted by Gasteiger charge is -2.41. The van der Waals surface area contributed by atoms with Gasteiger partial charge < -0.3 is 5.73 Å². The van der Waals surface area contributed by atoms with E-state index < -0.39 is 5.54 Å². The van der Waals surface area contributed by atoms with E-state index in [1.54, 1.807) is 6.07 Å². The van der Waals surface area contributed by atoms with Crippen molar-refractivity contribution in [1.82, 2.24) is 0 Å². The van der Waals surface area contributed by atoms with Gasteiger partial charge in [-0.2, -0.15) is 0 Å². The van der Waals surface area contributed by atoms with Crippen LogP contribution in [0.4, 0.5) is 4.39 Å². The van der Waals surface area contributed by atoms with E-state index in [-0.39, 0.29) is 5.82 Å². The van der Waals surface area contributed by atoms with E-state index in [0.29, 0.717) is 17.4 Å². The first-order valence-electron chi connectivity index (χ1n) is 6.96. The van der Waals surface area contributed by atoms with Gasteiger partial charge in [-0.3, -0.25) is 0 Å². The van der Waals surface area contributed by atoms with Gasteiger partial charge in [-0.25, -0.2) is 4.39 Å². The first-order chi connectivity index (χ1) is 8.43. The maximum atomic E-state index is 13.9. The Balaban J connectivity index is 2.24. The maximum Gasteiger partial charge on any atom is 0.128 e. The lowest BCUT2D eigenvalue weighted by molar-refractivity contribution is 0.140. The van der Waals surface area contributed by atoms with Crippen molar-refractivity contribution in [2.45, 2.75) is 45.6 Å². The average molecular weight is 249 g/mol. The van der Waals surface area contributed by atoms with Gasteiger partial charge in [0.25, 0.3) is 0 Å². The Hall–Kier alpha value is -0.890. The number of hydrogen-bond acceptors (Lipinski definition) is 1. The zero-order valence-electron chi connectivity index (χ0n) is 11.6. The predicted octanol–water partition coefficient (Wildman–Crippen LogP) is 4.07. The van der Waals surface area contributed by atoms with Gasteiger partial charge in [0.05, 0.1) is 0 Å². The van der Waals surface area contributed by atoms with Gasteiger partial charge in [0.1, 0.15) is 5.82 Å². The second kappa shape index (κ2) is 5.00. The van der Waals surface area contributed by atoms with Crippen LogP contribution in [0.1, 0.15) is 45.6 Å². The molecule has 0 radical (unpaired) electrons. The van der Waals surface area contributed by atoms with Gasteiger partial charge >= 0.3 is 0 Å². The third-order valence-electron chi connectivity index (χ3n) is 4.90. The molecule has 2 N–H and O–H groups in total. The van der Waals surface area contributed by atoms with Gasteiger partial charge in [-0.1, -0.05) is 38.5 Å². The minimum Gasteiger partial charge on any atom is -0.321 e. The molecule has 0 amide bonds. The fourth-order valence-corrected chi connectivity index (χ4v) is 3.21. The number of rotatable bonds is 2. The number of nitrogens with two attached hydrogens (primary N) is 1. The summed E-state index contributed by atoms with van der Waals surface area (Å²) in [6.45, 7) is 6.57. The Labute approximate surface area is 110 Å². The highest BCUT2D eigenvalue weighted by Gasteiger charge is 2.38. The Bertz CT molecular complexity index is 413. The van der Waals surface area contributed by atoms with Crippen molar-refractivity contribution in [1.29, 1.82) is 0 Å². The second-order valence-corrected chi connectivity index (χ2v) is 6.23. The van der Waals surface area contributed by atoms with Gasteiger partial charge in [-0.15, -0.1) is 0 Å². The molecule has 1 nitrogen and oxygen atoms in total. The molecule has 1 fully saturated rings. The average Bonchev–Trinajstić information content (AvgIpc) is 2.33. The molecule has 0 saturated heterocycles. The van der Waals surface area contributed by atoms with Crippen molar-refractivity contribution in [3.05, 3.63) is 35.6 Å². The van der Waals surface area contributed by atoms with Crippen LogP contribution in [0.15, 0.2) is 24.3 Å². The van der Waals surface area contributed by atoms with Gasteiger partial charge in [0, 0.05) is 11.1 Å². The summed E-state index contributed by atoms with van der Waals surface area (Å²) in [7, 11) is 0. The van der Waals surface area contributed by atoms with Gasteiger partial charge in [0.2, 0.25) is 0 Å². The normalized spacial score (nSPS) is 31.9. The highest BCUT2D eigenvalue weighted by molar-refractivity contribution is 5.26. The molecule has 100 valence electrons. The standard InChI is InChI=1S/C16H24FN/c1-11-8-9-13(10-12(11)2)16(3,18)14-6-4-5-7-15(14)17/h4-7,11-13H,8-10,18H2,1-3H3. The smallest absolute Gasteiger partial charge is 0.128 e. The molecule has 1 aliphatic rings. The fraction of sp³-hybridized carbons (Fsp3) is 0.625. The van der Waals surface area contributed by atoms with Crippen LogP contribution in [0, 0.1) is 23.6 Å². The van der Waals surface area contributed by atoms with Crippen LogP contribution in [0.3, 0.4) is 0 Å². The lowest BCUT2D eigenvalue weighted by Crippen LogP contribution is -2.44. The summed E-state index contributed by atoms with van der Waals surface area (Å²) in [5.74, 6) is 1.64. The molecule has 0 aromatic heterocycles. The van der Waals surface area contributed by atoms with E-state index in [9.17, 15) is 4.39 Å². The molecule has 1 aliphatic carbocycles. The van der Waals surface area contributed by atoms with Crippen LogP contribution in [0.5, 0.6) is 0 Å². The number of hydrogen-bond donors (Lipinski definition) is 1. The molecular weight excluding hydrogens is 225 g/mol. The van der Waals surface area contributed by atoms with Crippen LogP contribution in [0.2, 0.25) is 0 Å². The quantitative estimate of drug-likeness (QED) is 0.840. The van der Waals surface area contributed by atoms with Crippen LogP contribution < -0.4 is 5.73 Å². The van der Waals surface area contributed by atoms with E-state index in [1.807, 2.05) is 19.1 Å². The molecule has 1 saturated carbocycles. The Kier molecular flexibility index (Phi) is 3.76. The van der Waals surface area contributed by atoms with Crippen molar-refractivity contribution < 1.29 is 4.39 Å². The molecule has 0 aliphatic heterocycles. The zero-order chi connectivity index (χ0) is 13.3. The molecule has 2 rings (SSSR count). The van der Waals surface area contributed by atoms with E-state index in [1.165, 1.54) is 12.5 Å². The minimum atomic E-state index is -0.556. The number of halogens is 1. The molecule has 1 aromatic rings. The highest BCUT2D eigenvalue weighted by atomic mass is 19.1. The molecule has 0 bridgehead atoms. The summed E-state index contributed by atoms with van der Waals surface area (Å²) in [5.41, 5.74) is 6.59. The minimum absolute atomic E-state index is 0.172. The van der Waals surface area contributed by atoms with E-state index >= 15 is 0 Å². The predicted molar refractivity (Wildman–Crippen MR) is 73.6 cm³/mol. The number of benzene rings is 1. The van der Waals surface area contributed by atoms with Crippen LogP contribution in [-0.4, -0.2) is 0 Å². The zero-order valence-corrected chi connectivity index (χ0v) is 11.6. The monoisotopic (exact) mass is 249 g/mol. The molecule has 4 unspecified atom stereocenters. The molecule has 0 spiro atoms. The Morgan fingerprint density at radius 2 is 1.83 bits per heavy atom. The third kappa shape index (κ3) is 2.44. The van der Waals surface area contributed by atoms with E-state index in [4.69, 9.17) is 5.73 Å². The van der Waals surface area contributed by atoms with Crippen molar-refractivity contribution >= 4 is 0 Å².